The molecule has 1 aromatic heterocycles. The molecule has 1 N–H and O–H groups in total. The molecule has 0 aliphatic heterocycles. The van der Waals surface area contributed by atoms with Gasteiger partial charge in [0, 0.05) is 17.4 Å². The lowest BCUT2D eigenvalue weighted by molar-refractivity contribution is -0.114. The van der Waals surface area contributed by atoms with E-state index in [1.807, 2.05) is 24.3 Å². The molecule has 0 saturated heterocycles. The van der Waals surface area contributed by atoms with Gasteiger partial charge in [0.1, 0.15) is 0 Å². The monoisotopic (exact) mass is 323 g/mol. The van der Waals surface area contributed by atoms with Crippen molar-refractivity contribution in [3.05, 3.63) is 47.7 Å². The number of carbonyl (C=O) groups is 1. The Bertz CT molecular complexity index is 850. The molecule has 2 aliphatic carbocycles. The minimum atomic E-state index is -1.64. The number of pyridine rings is 1. The molecule has 118 valence electrons. The van der Waals surface area contributed by atoms with Gasteiger partial charge in [-0.1, -0.05) is 37.8 Å². The molecule has 2 aliphatic rings. The van der Waals surface area contributed by atoms with Gasteiger partial charge in [0.2, 0.25) is 0 Å². The predicted molar refractivity (Wildman–Crippen MR) is 94.9 cm³/mol. The van der Waals surface area contributed by atoms with Crippen LogP contribution in [0.15, 0.2) is 36.4 Å². The van der Waals surface area contributed by atoms with Gasteiger partial charge in [0.05, 0.1) is 25.4 Å². The molecule has 0 fully saturated rings. The number of ketones is 1. The number of aromatic nitrogens is 1. The molecular weight excluding hydrogens is 302 g/mol. The van der Waals surface area contributed by atoms with E-state index in [-0.39, 0.29) is 17.2 Å². The number of aliphatic hydroxyl groups excluding tert-OH is 1. The number of aliphatic hydroxyl groups is 1. The number of nitrogens with zero attached hydrogens (tertiary/aromatic N) is 1. The Morgan fingerprint density at radius 2 is 1.96 bits per heavy atom. The Morgan fingerprint density at radius 3 is 2.70 bits per heavy atom. The molecule has 1 heterocycles. The Kier molecular flexibility index (Phi) is 3.12. The second-order valence-electron chi connectivity index (χ2n) is 7.83. The number of carbonyl (C=O) groups excluding carboxylic acids is 1. The zero-order valence-electron chi connectivity index (χ0n) is 13.7. The van der Waals surface area contributed by atoms with Crippen LogP contribution in [0.3, 0.4) is 0 Å². The minimum absolute atomic E-state index is 0.130. The fourth-order valence-corrected chi connectivity index (χ4v) is 6.94. The lowest BCUT2D eigenvalue weighted by Crippen LogP contribution is -2.40. The molecule has 0 saturated carbocycles. The predicted octanol–water partition coefficient (Wildman–Crippen LogP) is 3.96. The summed E-state index contributed by atoms with van der Waals surface area (Å²) in [5, 5.41) is 12.2. The topological polar surface area (TPSA) is 50.2 Å². The van der Waals surface area contributed by atoms with Gasteiger partial charge in [0.25, 0.3) is 0 Å². The molecule has 0 bridgehead atoms. The van der Waals surface area contributed by atoms with Gasteiger partial charge in [0.15, 0.2) is 5.78 Å². The highest BCUT2D eigenvalue weighted by molar-refractivity contribution is 6.78. The van der Waals surface area contributed by atoms with E-state index in [1.165, 1.54) is 0 Å². The molecule has 1 aromatic carbocycles. The molecule has 4 heteroatoms. The average Bonchev–Trinajstić information content (AvgIpc) is 2.85. The SMILES string of the molecule is C[Si](C)(C)C1C2CC(=O)C=C2c2nc3ccccc3cc2C1O. The van der Waals surface area contributed by atoms with Crippen LogP contribution in [0.25, 0.3) is 16.5 Å². The maximum Gasteiger partial charge on any atom is 0.156 e. The molecule has 3 unspecified atom stereocenters. The fourth-order valence-electron chi connectivity index (χ4n) is 4.31. The third-order valence-electron chi connectivity index (χ3n) is 5.26. The van der Waals surface area contributed by atoms with E-state index >= 15 is 0 Å². The van der Waals surface area contributed by atoms with Crippen LogP contribution in [0.2, 0.25) is 25.2 Å². The first-order chi connectivity index (χ1) is 10.9. The fraction of sp³-hybridized carbons (Fsp3) is 0.368. The van der Waals surface area contributed by atoms with Crippen molar-refractivity contribution in [3.8, 4) is 0 Å². The summed E-state index contributed by atoms with van der Waals surface area (Å²) in [5.74, 6) is 0.300. The van der Waals surface area contributed by atoms with Crippen molar-refractivity contribution in [1.82, 2.24) is 4.98 Å². The van der Waals surface area contributed by atoms with Crippen molar-refractivity contribution in [2.45, 2.75) is 37.7 Å². The summed E-state index contributed by atoms with van der Waals surface area (Å²) in [6.45, 7) is 6.84. The maximum atomic E-state index is 12.1. The number of hydrogen-bond acceptors (Lipinski definition) is 3. The van der Waals surface area contributed by atoms with Crippen molar-refractivity contribution in [3.63, 3.8) is 0 Å². The molecule has 2 aromatic rings. The van der Waals surface area contributed by atoms with Gasteiger partial charge < -0.3 is 5.11 Å². The van der Waals surface area contributed by atoms with Gasteiger partial charge >= 0.3 is 0 Å². The van der Waals surface area contributed by atoms with Crippen LogP contribution in [-0.2, 0) is 4.79 Å². The Balaban J connectivity index is 1.99. The van der Waals surface area contributed by atoms with Gasteiger partial charge in [-0.25, -0.2) is 4.98 Å². The average molecular weight is 323 g/mol. The molecule has 0 radical (unpaired) electrons. The van der Waals surface area contributed by atoms with E-state index in [2.05, 4.69) is 25.7 Å². The van der Waals surface area contributed by atoms with E-state index in [0.29, 0.717) is 6.42 Å². The Hall–Kier alpha value is -1.78. The lowest BCUT2D eigenvalue weighted by atomic mass is 9.81. The summed E-state index contributed by atoms with van der Waals surface area (Å²) in [7, 11) is -1.64. The third-order valence-corrected chi connectivity index (χ3v) is 7.97. The van der Waals surface area contributed by atoms with Crippen LogP contribution in [0.1, 0.15) is 23.8 Å². The van der Waals surface area contributed by atoms with Crippen molar-refractivity contribution < 1.29 is 9.90 Å². The molecule has 4 rings (SSSR count). The highest BCUT2D eigenvalue weighted by Crippen LogP contribution is 2.55. The van der Waals surface area contributed by atoms with Gasteiger partial charge in [-0.05, 0) is 35.2 Å². The second-order valence-corrected chi connectivity index (χ2v) is 13.2. The van der Waals surface area contributed by atoms with Crippen molar-refractivity contribution >= 4 is 30.3 Å². The normalized spacial score (nSPS) is 26.9. The largest absolute Gasteiger partial charge is 0.388 e. The first kappa shape index (κ1) is 14.8. The quantitative estimate of drug-likeness (QED) is 0.808. The molecule has 3 nitrogen and oxygen atoms in total. The summed E-state index contributed by atoms with van der Waals surface area (Å²) in [5.41, 5.74) is 3.86. The standard InChI is InChI=1S/C19H21NO2Si/c1-23(2,3)19-14-10-12(21)9-13(14)17-15(18(19)22)8-11-6-4-5-7-16(11)20-17/h4-9,14,18-19,22H,10H2,1-3H3. The van der Waals surface area contributed by atoms with Gasteiger partial charge in [-0.2, -0.15) is 0 Å². The van der Waals surface area contributed by atoms with E-state index < -0.39 is 14.2 Å². The zero-order chi connectivity index (χ0) is 16.4. The summed E-state index contributed by atoms with van der Waals surface area (Å²) in [4.78, 5) is 16.9. The Labute approximate surface area is 137 Å². The van der Waals surface area contributed by atoms with Crippen LogP contribution in [0.5, 0.6) is 0 Å². The summed E-state index contributed by atoms with van der Waals surface area (Å²) < 4.78 is 0. The smallest absolute Gasteiger partial charge is 0.156 e. The van der Waals surface area contributed by atoms with Gasteiger partial charge in [-0.15, -0.1) is 0 Å². The molecule has 23 heavy (non-hydrogen) atoms. The summed E-state index contributed by atoms with van der Waals surface area (Å²) in [6.07, 6.45) is 1.77. The van der Waals surface area contributed by atoms with Crippen molar-refractivity contribution in [2.24, 2.45) is 5.92 Å². The number of allylic oxidation sites excluding steroid dienone is 2. The first-order valence-electron chi connectivity index (χ1n) is 8.19. The third kappa shape index (κ3) is 2.20. The lowest BCUT2D eigenvalue weighted by Gasteiger charge is -2.42. The van der Waals surface area contributed by atoms with Crippen LogP contribution in [-0.4, -0.2) is 23.9 Å². The number of para-hydroxylation sites is 1. The minimum Gasteiger partial charge on any atom is -0.388 e. The van der Waals surface area contributed by atoms with Crippen LogP contribution in [0.4, 0.5) is 0 Å². The number of hydrogen-bond donors (Lipinski definition) is 1. The highest BCUT2D eigenvalue weighted by atomic mass is 28.3. The van der Waals surface area contributed by atoms with Crippen molar-refractivity contribution in [2.75, 3.05) is 0 Å². The van der Waals surface area contributed by atoms with Crippen LogP contribution >= 0.6 is 0 Å². The second kappa shape index (κ2) is 4.85. The first-order valence-corrected chi connectivity index (χ1v) is 11.8. The molecule has 0 spiro atoms. The highest BCUT2D eigenvalue weighted by Gasteiger charge is 2.48. The van der Waals surface area contributed by atoms with Gasteiger partial charge in [-0.3, -0.25) is 4.79 Å². The Morgan fingerprint density at radius 1 is 1.22 bits per heavy atom. The molecule has 0 amide bonds. The number of fused-ring (bicyclic) bond motifs is 4. The molecule has 3 atom stereocenters. The van der Waals surface area contributed by atoms with E-state index in [1.54, 1.807) is 6.08 Å². The van der Waals surface area contributed by atoms with E-state index in [4.69, 9.17) is 4.98 Å². The van der Waals surface area contributed by atoms with Crippen molar-refractivity contribution in [1.29, 1.82) is 0 Å². The van der Waals surface area contributed by atoms with E-state index in [0.717, 1.165) is 27.7 Å². The maximum absolute atomic E-state index is 12.1. The summed E-state index contributed by atoms with van der Waals surface area (Å²) in [6, 6.07) is 10.0. The van der Waals surface area contributed by atoms with E-state index in [9.17, 15) is 9.90 Å². The molecular formula is C19H21NO2Si. The van der Waals surface area contributed by atoms with Crippen LogP contribution in [0, 0.1) is 5.92 Å². The zero-order valence-corrected chi connectivity index (χ0v) is 14.7. The number of benzene rings is 1. The summed E-state index contributed by atoms with van der Waals surface area (Å²) >= 11 is 0. The number of rotatable bonds is 1. The van der Waals surface area contributed by atoms with Crippen LogP contribution < -0.4 is 0 Å².